The van der Waals surface area contributed by atoms with E-state index in [1.54, 1.807) is 7.11 Å². The number of hydrogen-bond acceptors (Lipinski definition) is 3. The van der Waals surface area contributed by atoms with Gasteiger partial charge in [0.25, 0.3) is 0 Å². The highest BCUT2D eigenvalue weighted by molar-refractivity contribution is 5.32. The van der Waals surface area contributed by atoms with E-state index in [0.29, 0.717) is 0 Å². The number of rotatable bonds is 7. The molecule has 0 atom stereocenters. The Kier molecular flexibility index (Phi) is 5.49. The lowest BCUT2D eigenvalue weighted by Gasteiger charge is -2.14. The summed E-state index contributed by atoms with van der Waals surface area (Å²) in [6, 6.07) is 8.20. The first-order valence-corrected chi connectivity index (χ1v) is 6.95. The standard InChI is InChI=1S/C15H24N2O/c1-18-15-8-3-2-7-14(15)13-16-9-6-12-17-10-4-5-11-17/h2-3,7-8,16H,4-6,9-13H2,1H3. The van der Waals surface area contributed by atoms with Gasteiger partial charge in [-0.2, -0.15) is 0 Å². The Labute approximate surface area is 110 Å². The molecule has 1 fully saturated rings. The van der Waals surface area contributed by atoms with Crippen molar-refractivity contribution in [3.63, 3.8) is 0 Å². The molecule has 18 heavy (non-hydrogen) atoms. The summed E-state index contributed by atoms with van der Waals surface area (Å²) < 4.78 is 5.34. The van der Waals surface area contributed by atoms with E-state index >= 15 is 0 Å². The van der Waals surface area contributed by atoms with Crippen LogP contribution in [0.25, 0.3) is 0 Å². The first-order valence-electron chi connectivity index (χ1n) is 6.95. The van der Waals surface area contributed by atoms with E-state index in [-0.39, 0.29) is 0 Å². The van der Waals surface area contributed by atoms with Crippen molar-refractivity contribution in [2.24, 2.45) is 0 Å². The molecular weight excluding hydrogens is 224 g/mol. The van der Waals surface area contributed by atoms with E-state index < -0.39 is 0 Å². The van der Waals surface area contributed by atoms with Crippen molar-refractivity contribution in [3.8, 4) is 5.75 Å². The van der Waals surface area contributed by atoms with Crippen molar-refractivity contribution in [1.29, 1.82) is 0 Å². The molecule has 1 aromatic rings. The number of hydrogen-bond donors (Lipinski definition) is 1. The topological polar surface area (TPSA) is 24.5 Å². The fourth-order valence-electron chi connectivity index (χ4n) is 2.51. The summed E-state index contributed by atoms with van der Waals surface area (Å²) in [5.41, 5.74) is 1.24. The SMILES string of the molecule is COc1ccccc1CNCCCN1CCCC1. The highest BCUT2D eigenvalue weighted by Gasteiger charge is 2.09. The Morgan fingerprint density at radius 3 is 2.78 bits per heavy atom. The van der Waals surface area contributed by atoms with Crippen molar-refractivity contribution < 1.29 is 4.74 Å². The summed E-state index contributed by atoms with van der Waals surface area (Å²) in [7, 11) is 1.73. The van der Waals surface area contributed by atoms with Gasteiger partial charge >= 0.3 is 0 Å². The van der Waals surface area contributed by atoms with Gasteiger partial charge in [-0.1, -0.05) is 18.2 Å². The molecule has 0 spiro atoms. The minimum absolute atomic E-state index is 0.893. The van der Waals surface area contributed by atoms with Gasteiger partial charge in [0, 0.05) is 12.1 Å². The Hall–Kier alpha value is -1.06. The molecule has 0 amide bonds. The second kappa shape index (κ2) is 7.39. The molecule has 0 radical (unpaired) electrons. The average molecular weight is 248 g/mol. The largest absolute Gasteiger partial charge is 0.496 e. The Balaban J connectivity index is 1.62. The van der Waals surface area contributed by atoms with Gasteiger partial charge < -0.3 is 15.0 Å². The van der Waals surface area contributed by atoms with Crippen molar-refractivity contribution >= 4 is 0 Å². The van der Waals surface area contributed by atoms with Crippen molar-refractivity contribution in [2.75, 3.05) is 33.3 Å². The number of benzene rings is 1. The quantitative estimate of drug-likeness (QED) is 0.749. The third kappa shape index (κ3) is 4.00. The van der Waals surface area contributed by atoms with Crippen LogP contribution in [0.1, 0.15) is 24.8 Å². The van der Waals surface area contributed by atoms with Crippen LogP contribution < -0.4 is 10.1 Å². The van der Waals surface area contributed by atoms with Crippen LogP contribution in [0, 0.1) is 0 Å². The van der Waals surface area contributed by atoms with Crippen LogP contribution >= 0.6 is 0 Å². The van der Waals surface area contributed by atoms with E-state index in [1.165, 1.54) is 44.5 Å². The third-order valence-corrected chi connectivity index (χ3v) is 3.53. The lowest BCUT2D eigenvalue weighted by molar-refractivity contribution is 0.330. The van der Waals surface area contributed by atoms with Gasteiger partial charge in [-0.15, -0.1) is 0 Å². The second-order valence-corrected chi connectivity index (χ2v) is 4.89. The summed E-state index contributed by atoms with van der Waals surface area (Å²) >= 11 is 0. The van der Waals surface area contributed by atoms with E-state index in [0.717, 1.165) is 18.8 Å². The van der Waals surface area contributed by atoms with Gasteiger partial charge in [0.15, 0.2) is 0 Å². The summed E-state index contributed by atoms with van der Waals surface area (Å²) in [4.78, 5) is 2.56. The summed E-state index contributed by atoms with van der Waals surface area (Å²) in [5, 5.41) is 3.49. The van der Waals surface area contributed by atoms with Crippen LogP contribution in [0.3, 0.4) is 0 Å². The number of nitrogens with one attached hydrogen (secondary N) is 1. The van der Waals surface area contributed by atoms with Crippen LogP contribution in [-0.2, 0) is 6.54 Å². The van der Waals surface area contributed by atoms with Gasteiger partial charge in [-0.25, -0.2) is 0 Å². The first-order chi connectivity index (χ1) is 8.90. The molecule has 1 aliphatic heterocycles. The number of nitrogens with zero attached hydrogens (tertiary/aromatic N) is 1. The predicted molar refractivity (Wildman–Crippen MR) is 75.0 cm³/mol. The molecule has 0 aromatic heterocycles. The zero-order valence-electron chi connectivity index (χ0n) is 11.3. The summed E-state index contributed by atoms with van der Waals surface area (Å²) in [6.45, 7) is 5.80. The summed E-state index contributed by atoms with van der Waals surface area (Å²) in [6.07, 6.45) is 4.00. The Morgan fingerprint density at radius 2 is 2.00 bits per heavy atom. The molecule has 1 heterocycles. The molecule has 0 unspecified atom stereocenters. The van der Waals surface area contributed by atoms with Crippen molar-refractivity contribution in [1.82, 2.24) is 10.2 Å². The van der Waals surface area contributed by atoms with E-state index in [9.17, 15) is 0 Å². The van der Waals surface area contributed by atoms with E-state index in [4.69, 9.17) is 4.74 Å². The maximum absolute atomic E-state index is 5.34. The Morgan fingerprint density at radius 1 is 1.22 bits per heavy atom. The fourth-order valence-corrected chi connectivity index (χ4v) is 2.51. The monoisotopic (exact) mass is 248 g/mol. The lowest BCUT2D eigenvalue weighted by Crippen LogP contribution is -2.24. The van der Waals surface area contributed by atoms with E-state index in [1.807, 2.05) is 12.1 Å². The van der Waals surface area contributed by atoms with Gasteiger partial charge in [0.2, 0.25) is 0 Å². The minimum Gasteiger partial charge on any atom is -0.496 e. The zero-order chi connectivity index (χ0) is 12.6. The highest BCUT2D eigenvalue weighted by atomic mass is 16.5. The van der Waals surface area contributed by atoms with Gasteiger partial charge in [-0.3, -0.25) is 0 Å². The van der Waals surface area contributed by atoms with Crippen molar-refractivity contribution in [2.45, 2.75) is 25.8 Å². The molecule has 0 saturated carbocycles. The number of para-hydroxylation sites is 1. The maximum Gasteiger partial charge on any atom is 0.123 e. The summed E-state index contributed by atoms with van der Waals surface area (Å²) in [5.74, 6) is 0.976. The molecule has 1 N–H and O–H groups in total. The zero-order valence-corrected chi connectivity index (χ0v) is 11.3. The molecule has 3 heteroatoms. The average Bonchev–Trinajstić information content (AvgIpc) is 2.92. The molecular formula is C15H24N2O. The number of methoxy groups -OCH3 is 1. The molecule has 1 aliphatic rings. The fraction of sp³-hybridized carbons (Fsp3) is 0.600. The molecule has 0 aliphatic carbocycles. The number of likely N-dealkylation sites (tertiary alicyclic amines) is 1. The van der Waals surface area contributed by atoms with Gasteiger partial charge in [0.1, 0.15) is 5.75 Å². The predicted octanol–water partition coefficient (Wildman–Crippen LogP) is 2.27. The Bertz CT molecular complexity index is 348. The first kappa shape index (κ1) is 13.4. The van der Waals surface area contributed by atoms with E-state index in [2.05, 4.69) is 22.3 Å². The van der Waals surface area contributed by atoms with Crippen LogP contribution in [0.15, 0.2) is 24.3 Å². The van der Waals surface area contributed by atoms with Crippen molar-refractivity contribution in [3.05, 3.63) is 29.8 Å². The van der Waals surface area contributed by atoms with Crippen LogP contribution in [0.2, 0.25) is 0 Å². The van der Waals surface area contributed by atoms with Gasteiger partial charge in [0.05, 0.1) is 7.11 Å². The molecule has 3 nitrogen and oxygen atoms in total. The highest BCUT2D eigenvalue weighted by Crippen LogP contribution is 2.16. The second-order valence-electron chi connectivity index (χ2n) is 4.89. The molecule has 100 valence electrons. The van der Waals surface area contributed by atoms with Gasteiger partial charge in [-0.05, 0) is 51.5 Å². The number of ether oxygens (including phenoxy) is 1. The van der Waals surface area contributed by atoms with Crippen LogP contribution in [0.5, 0.6) is 5.75 Å². The minimum atomic E-state index is 0.893. The molecule has 2 rings (SSSR count). The third-order valence-electron chi connectivity index (χ3n) is 3.53. The smallest absolute Gasteiger partial charge is 0.123 e. The normalized spacial score (nSPS) is 16.1. The molecule has 1 saturated heterocycles. The lowest BCUT2D eigenvalue weighted by atomic mass is 10.2. The van der Waals surface area contributed by atoms with Crippen LogP contribution in [0.4, 0.5) is 0 Å². The van der Waals surface area contributed by atoms with Crippen LogP contribution in [-0.4, -0.2) is 38.2 Å². The molecule has 0 bridgehead atoms. The molecule has 1 aromatic carbocycles. The maximum atomic E-state index is 5.34.